The van der Waals surface area contributed by atoms with Crippen LogP contribution in [0.1, 0.15) is 6.42 Å². The summed E-state index contributed by atoms with van der Waals surface area (Å²) in [5.74, 6) is -2.30. The molecular weight excluding hydrogens is 365 g/mol. The molecule has 9 heteroatoms. The van der Waals surface area contributed by atoms with Crippen molar-refractivity contribution < 1.29 is 32.3 Å². The van der Waals surface area contributed by atoms with Gasteiger partial charge in [0.05, 0.1) is 11.8 Å². The number of allylic oxidation sites excluding steroid dienone is 2. The lowest BCUT2D eigenvalue weighted by atomic mass is 9.85. The first kappa shape index (κ1) is 17.6. The summed E-state index contributed by atoms with van der Waals surface area (Å²) in [7, 11) is 0. The van der Waals surface area contributed by atoms with Gasteiger partial charge in [-0.15, -0.1) is 13.2 Å². The molecule has 2 fully saturated rings. The van der Waals surface area contributed by atoms with E-state index < -0.39 is 24.6 Å². The average molecular weight is 380 g/mol. The van der Waals surface area contributed by atoms with Gasteiger partial charge in [0, 0.05) is 5.69 Å². The molecule has 4 atom stereocenters. The van der Waals surface area contributed by atoms with Gasteiger partial charge in [-0.3, -0.25) is 19.3 Å². The van der Waals surface area contributed by atoms with Gasteiger partial charge in [0.1, 0.15) is 12.3 Å². The molecule has 4 rings (SSSR count). The number of halogens is 3. The van der Waals surface area contributed by atoms with E-state index in [0.717, 1.165) is 23.5 Å². The molecule has 0 spiro atoms. The van der Waals surface area contributed by atoms with E-state index in [1.807, 2.05) is 12.2 Å². The second-order valence-corrected chi connectivity index (χ2v) is 6.88. The normalized spacial score (nSPS) is 28.6. The maximum atomic E-state index is 12.5. The molecule has 1 N–H and O–H groups in total. The molecule has 1 aliphatic heterocycles. The minimum atomic E-state index is -4.80. The number of anilines is 1. The number of likely N-dealkylation sites (tertiary alicyclic amines) is 1. The standard InChI is InChI=1S/C18H15F3N2O4/c19-18(20,21)27-12-5-3-11(4-6-12)22-13(24)8-23-16(25)14-9-1-2-10(7-9)15(14)17(23)26/h1-6,9-10,14-15H,7-8H2,(H,22,24). The summed E-state index contributed by atoms with van der Waals surface area (Å²) in [4.78, 5) is 38.2. The fraction of sp³-hybridized carbons (Fsp3) is 0.389. The zero-order valence-electron chi connectivity index (χ0n) is 13.9. The highest BCUT2D eigenvalue weighted by Gasteiger charge is 2.59. The van der Waals surface area contributed by atoms with Crippen LogP contribution < -0.4 is 10.1 Å². The van der Waals surface area contributed by atoms with E-state index >= 15 is 0 Å². The molecule has 142 valence electrons. The Kier molecular flexibility index (Phi) is 3.97. The number of benzene rings is 1. The molecule has 0 radical (unpaired) electrons. The third-order valence-electron chi connectivity index (χ3n) is 5.24. The summed E-state index contributed by atoms with van der Waals surface area (Å²) < 4.78 is 40.2. The first-order valence-corrected chi connectivity index (χ1v) is 8.42. The summed E-state index contributed by atoms with van der Waals surface area (Å²) in [6.07, 6.45) is -0.0664. The van der Waals surface area contributed by atoms with E-state index in [0.29, 0.717) is 0 Å². The van der Waals surface area contributed by atoms with Crippen molar-refractivity contribution in [2.75, 3.05) is 11.9 Å². The number of hydrogen-bond acceptors (Lipinski definition) is 4. The number of ether oxygens (including phenoxy) is 1. The molecule has 1 heterocycles. The van der Waals surface area contributed by atoms with Crippen LogP contribution in [0.25, 0.3) is 0 Å². The number of carbonyl (C=O) groups excluding carboxylic acids is 3. The zero-order chi connectivity index (χ0) is 19.3. The minimum Gasteiger partial charge on any atom is -0.406 e. The van der Waals surface area contributed by atoms with Crippen LogP contribution in [0.4, 0.5) is 18.9 Å². The zero-order valence-corrected chi connectivity index (χ0v) is 13.9. The highest BCUT2D eigenvalue weighted by atomic mass is 19.4. The van der Waals surface area contributed by atoms with Crippen LogP contribution in [0.3, 0.4) is 0 Å². The Balaban J connectivity index is 1.37. The van der Waals surface area contributed by atoms with E-state index in [1.54, 1.807) is 0 Å². The van der Waals surface area contributed by atoms with Crippen LogP contribution in [0.5, 0.6) is 5.75 Å². The van der Waals surface area contributed by atoms with Crippen molar-refractivity contribution in [3.63, 3.8) is 0 Å². The second kappa shape index (κ2) is 6.11. The lowest BCUT2D eigenvalue weighted by molar-refractivity contribution is -0.274. The van der Waals surface area contributed by atoms with E-state index in [9.17, 15) is 27.6 Å². The van der Waals surface area contributed by atoms with Crippen molar-refractivity contribution in [3.05, 3.63) is 36.4 Å². The topological polar surface area (TPSA) is 75.7 Å². The quantitative estimate of drug-likeness (QED) is 0.643. The number of rotatable bonds is 4. The molecule has 1 saturated heterocycles. The number of alkyl halides is 3. The summed E-state index contributed by atoms with van der Waals surface area (Å²) in [6.45, 7) is -0.412. The van der Waals surface area contributed by atoms with E-state index in [2.05, 4.69) is 10.1 Å². The molecule has 2 bridgehead atoms. The molecule has 1 saturated carbocycles. The Labute approximate surface area is 152 Å². The third kappa shape index (κ3) is 3.17. The Morgan fingerprint density at radius 2 is 1.63 bits per heavy atom. The SMILES string of the molecule is O=C(CN1C(=O)C2C3C=CC(C3)C2C1=O)Nc1ccc(OC(F)(F)F)cc1. The molecule has 1 aromatic rings. The van der Waals surface area contributed by atoms with Gasteiger partial charge < -0.3 is 10.1 Å². The number of imide groups is 1. The molecule has 27 heavy (non-hydrogen) atoms. The molecule has 3 aliphatic rings. The molecule has 4 unspecified atom stereocenters. The summed E-state index contributed by atoms with van der Waals surface area (Å²) in [5, 5.41) is 2.47. The van der Waals surface area contributed by atoms with Gasteiger partial charge in [0.2, 0.25) is 17.7 Å². The second-order valence-electron chi connectivity index (χ2n) is 6.88. The van der Waals surface area contributed by atoms with Crippen molar-refractivity contribution in [1.82, 2.24) is 4.90 Å². The number of nitrogens with zero attached hydrogens (tertiary/aromatic N) is 1. The lowest BCUT2D eigenvalue weighted by Crippen LogP contribution is -2.39. The van der Waals surface area contributed by atoms with Gasteiger partial charge in [0.25, 0.3) is 0 Å². The Bertz CT molecular complexity index is 804. The fourth-order valence-corrected chi connectivity index (χ4v) is 4.20. The van der Waals surface area contributed by atoms with Gasteiger partial charge in [-0.1, -0.05) is 12.2 Å². The van der Waals surface area contributed by atoms with Crippen molar-refractivity contribution in [2.24, 2.45) is 23.7 Å². The predicted molar refractivity (Wildman–Crippen MR) is 86.2 cm³/mol. The van der Waals surface area contributed by atoms with Gasteiger partial charge in [-0.2, -0.15) is 0 Å². The van der Waals surface area contributed by atoms with Crippen LogP contribution in [-0.2, 0) is 14.4 Å². The summed E-state index contributed by atoms with van der Waals surface area (Å²) >= 11 is 0. The van der Waals surface area contributed by atoms with Crippen LogP contribution >= 0.6 is 0 Å². The molecule has 3 amide bonds. The van der Waals surface area contributed by atoms with Crippen LogP contribution in [-0.4, -0.2) is 35.5 Å². The largest absolute Gasteiger partial charge is 0.573 e. The van der Waals surface area contributed by atoms with E-state index in [1.165, 1.54) is 12.1 Å². The van der Waals surface area contributed by atoms with Crippen LogP contribution in [0.15, 0.2) is 36.4 Å². The summed E-state index contributed by atoms with van der Waals surface area (Å²) in [5.41, 5.74) is 0.232. The molecular formula is C18H15F3N2O4. The molecule has 6 nitrogen and oxygen atoms in total. The fourth-order valence-electron chi connectivity index (χ4n) is 4.20. The maximum absolute atomic E-state index is 12.5. The summed E-state index contributed by atoms with van der Waals surface area (Å²) in [6, 6.07) is 4.60. The first-order valence-electron chi connectivity index (χ1n) is 8.42. The van der Waals surface area contributed by atoms with Gasteiger partial charge in [0.15, 0.2) is 0 Å². The lowest BCUT2D eigenvalue weighted by Gasteiger charge is -2.17. The van der Waals surface area contributed by atoms with Crippen LogP contribution in [0.2, 0.25) is 0 Å². The maximum Gasteiger partial charge on any atom is 0.573 e. The van der Waals surface area contributed by atoms with Crippen molar-refractivity contribution >= 4 is 23.4 Å². The van der Waals surface area contributed by atoms with E-state index in [4.69, 9.17) is 0 Å². The third-order valence-corrected chi connectivity index (χ3v) is 5.24. The number of carbonyl (C=O) groups is 3. The Morgan fingerprint density at radius 3 is 2.15 bits per heavy atom. The van der Waals surface area contributed by atoms with Crippen molar-refractivity contribution in [2.45, 2.75) is 12.8 Å². The minimum absolute atomic E-state index is 0.0608. The van der Waals surface area contributed by atoms with E-state index in [-0.39, 0.29) is 41.2 Å². The first-order chi connectivity index (χ1) is 12.7. The monoisotopic (exact) mass is 380 g/mol. The predicted octanol–water partition coefficient (Wildman–Crippen LogP) is 2.33. The van der Waals surface area contributed by atoms with Crippen molar-refractivity contribution in [1.29, 1.82) is 0 Å². The Morgan fingerprint density at radius 1 is 1.07 bits per heavy atom. The number of hydrogen-bond donors (Lipinski definition) is 1. The molecule has 1 aromatic carbocycles. The van der Waals surface area contributed by atoms with Gasteiger partial charge in [-0.25, -0.2) is 0 Å². The highest BCUT2D eigenvalue weighted by molar-refractivity contribution is 6.09. The van der Waals surface area contributed by atoms with Crippen molar-refractivity contribution in [3.8, 4) is 5.75 Å². The smallest absolute Gasteiger partial charge is 0.406 e. The van der Waals surface area contributed by atoms with Gasteiger partial charge >= 0.3 is 6.36 Å². The highest BCUT2D eigenvalue weighted by Crippen LogP contribution is 2.52. The van der Waals surface area contributed by atoms with Gasteiger partial charge in [-0.05, 0) is 42.5 Å². The average Bonchev–Trinajstić information content (AvgIpc) is 3.25. The molecule has 2 aliphatic carbocycles. The molecule has 0 aromatic heterocycles. The number of nitrogens with one attached hydrogen (secondary N) is 1. The Hall–Kier alpha value is -2.84. The van der Waals surface area contributed by atoms with Crippen LogP contribution in [0, 0.1) is 23.7 Å². The number of fused-ring (bicyclic) bond motifs is 5. The number of amides is 3.